The van der Waals surface area contributed by atoms with E-state index in [0.717, 1.165) is 12.0 Å². The quantitative estimate of drug-likeness (QED) is 0.531. The van der Waals surface area contributed by atoms with E-state index in [1.165, 1.54) is 0 Å². The lowest BCUT2D eigenvalue weighted by atomic mass is 10.1. The van der Waals surface area contributed by atoms with Gasteiger partial charge in [-0.15, -0.1) is 0 Å². The minimum Gasteiger partial charge on any atom is -0.493 e. The molecule has 0 radical (unpaired) electrons. The van der Waals surface area contributed by atoms with Crippen LogP contribution in [0.2, 0.25) is 0 Å². The Hall–Kier alpha value is -3.33. The molecule has 154 valence electrons. The minimum atomic E-state index is -0.219. The van der Waals surface area contributed by atoms with Gasteiger partial charge in [0, 0.05) is 32.0 Å². The van der Waals surface area contributed by atoms with Gasteiger partial charge in [0.1, 0.15) is 5.52 Å². The first kappa shape index (κ1) is 20.4. The number of amides is 1. The molecule has 3 rings (SSSR count). The fraction of sp³-hybridized carbons (Fsp3) is 0.350. The average Bonchev–Trinajstić information content (AvgIpc) is 3.18. The van der Waals surface area contributed by atoms with Crippen molar-refractivity contribution in [2.45, 2.75) is 6.42 Å². The first-order chi connectivity index (χ1) is 14.1. The first-order valence-electron chi connectivity index (χ1n) is 9.04. The second kappa shape index (κ2) is 9.24. The SMILES string of the molecule is COCCCNC(=O)c1c[nH]c2ncc(-c3cc(OC)c(OC)c(OC)c3)nc12. The van der Waals surface area contributed by atoms with Gasteiger partial charge in [0.2, 0.25) is 5.75 Å². The lowest BCUT2D eigenvalue weighted by molar-refractivity contribution is 0.0950. The lowest BCUT2D eigenvalue weighted by Crippen LogP contribution is -2.25. The Morgan fingerprint density at radius 2 is 1.83 bits per heavy atom. The third kappa shape index (κ3) is 4.24. The Morgan fingerprint density at radius 3 is 2.45 bits per heavy atom. The Morgan fingerprint density at radius 1 is 1.10 bits per heavy atom. The maximum atomic E-state index is 12.5. The maximum Gasteiger partial charge on any atom is 0.255 e. The van der Waals surface area contributed by atoms with Crippen LogP contribution in [0, 0.1) is 0 Å². The highest BCUT2D eigenvalue weighted by Gasteiger charge is 2.18. The number of H-pyrrole nitrogens is 1. The molecular formula is C20H24N4O5. The number of methoxy groups -OCH3 is 4. The van der Waals surface area contributed by atoms with E-state index in [1.54, 1.807) is 53.0 Å². The van der Waals surface area contributed by atoms with Gasteiger partial charge in [-0.3, -0.25) is 4.79 Å². The normalized spacial score (nSPS) is 10.8. The molecule has 9 nitrogen and oxygen atoms in total. The van der Waals surface area contributed by atoms with Crippen molar-refractivity contribution >= 4 is 17.1 Å². The Labute approximate surface area is 168 Å². The molecule has 1 aromatic carbocycles. The topological polar surface area (TPSA) is 108 Å². The molecule has 29 heavy (non-hydrogen) atoms. The molecule has 1 amide bonds. The average molecular weight is 400 g/mol. The number of nitrogens with zero attached hydrogens (tertiary/aromatic N) is 2. The van der Waals surface area contributed by atoms with Crippen LogP contribution in [-0.4, -0.2) is 62.4 Å². The molecule has 0 aliphatic rings. The van der Waals surface area contributed by atoms with E-state index in [-0.39, 0.29) is 5.91 Å². The molecule has 0 atom stereocenters. The molecule has 0 bridgehead atoms. The number of benzene rings is 1. The van der Waals surface area contributed by atoms with E-state index in [2.05, 4.69) is 20.3 Å². The number of aromatic nitrogens is 3. The summed E-state index contributed by atoms with van der Waals surface area (Å²) in [5.74, 6) is 1.29. The van der Waals surface area contributed by atoms with Crippen LogP contribution < -0.4 is 19.5 Å². The van der Waals surface area contributed by atoms with Crippen LogP contribution in [0.4, 0.5) is 0 Å². The number of carbonyl (C=O) groups excluding carboxylic acids is 1. The number of nitrogens with one attached hydrogen (secondary N) is 2. The number of ether oxygens (including phenoxy) is 4. The lowest BCUT2D eigenvalue weighted by Gasteiger charge is -2.14. The number of carbonyl (C=O) groups is 1. The Balaban J connectivity index is 1.96. The predicted molar refractivity (Wildman–Crippen MR) is 108 cm³/mol. The molecule has 2 aromatic heterocycles. The summed E-state index contributed by atoms with van der Waals surface area (Å²) in [7, 11) is 6.27. The zero-order valence-corrected chi connectivity index (χ0v) is 16.9. The molecule has 0 aliphatic carbocycles. The smallest absolute Gasteiger partial charge is 0.255 e. The number of fused-ring (bicyclic) bond motifs is 1. The monoisotopic (exact) mass is 400 g/mol. The van der Waals surface area contributed by atoms with Gasteiger partial charge in [0.15, 0.2) is 17.1 Å². The molecule has 0 saturated carbocycles. The highest BCUT2D eigenvalue weighted by Crippen LogP contribution is 2.40. The van der Waals surface area contributed by atoms with Crippen LogP contribution in [0.15, 0.2) is 24.5 Å². The van der Waals surface area contributed by atoms with Crippen molar-refractivity contribution in [1.29, 1.82) is 0 Å². The third-order valence-corrected chi connectivity index (χ3v) is 4.40. The summed E-state index contributed by atoms with van der Waals surface area (Å²) >= 11 is 0. The van der Waals surface area contributed by atoms with Crippen LogP contribution in [0.3, 0.4) is 0 Å². The van der Waals surface area contributed by atoms with Crippen molar-refractivity contribution in [2.75, 3.05) is 41.6 Å². The molecule has 0 spiro atoms. The Bertz CT molecular complexity index is 977. The molecule has 0 saturated heterocycles. The van der Waals surface area contributed by atoms with Crippen LogP contribution in [-0.2, 0) is 4.74 Å². The number of rotatable bonds is 9. The van der Waals surface area contributed by atoms with Gasteiger partial charge < -0.3 is 29.2 Å². The number of aromatic amines is 1. The summed E-state index contributed by atoms with van der Waals surface area (Å²) < 4.78 is 21.2. The van der Waals surface area contributed by atoms with Crippen molar-refractivity contribution in [1.82, 2.24) is 20.3 Å². The van der Waals surface area contributed by atoms with Gasteiger partial charge in [-0.1, -0.05) is 0 Å². The van der Waals surface area contributed by atoms with Crippen LogP contribution in [0.5, 0.6) is 17.2 Å². The summed E-state index contributed by atoms with van der Waals surface area (Å²) in [6.45, 7) is 1.10. The second-order valence-electron chi connectivity index (χ2n) is 6.17. The number of hydrogen-bond acceptors (Lipinski definition) is 7. The van der Waals surface area contributed by atoms with E-state index in [9.17, 15) is 4.79 Å². The molecule has 0 aliphatic heterocycles. The molecule has 2 N–H and O–H groups in total. The molecule has 0 unspecified atom stereocenters. The van der Waals surface area contributed by atoms with Crippen LogP contribution in [0.1, 0.15) is 16.8 Å². The van der Waals surface area contributed by atoms with Gasteiger partial charge in [0.05, 0.1) is 38.8 Å². The van der Waals surface area contributed by atoms with Crippen molar-refractivity contribution < 1.29 is 23.7 Å². The van der Waals surface area contributed by atoms with E-state index >= 15 is 0 Å². The summed E-state index contributed by atoms with van der Waals surface area (Å²) in [4.78, 5) is 24.5. The predicted octanol–water partition coefficient (Wildman–Crippen LogP) is 2.42. The molecule has 0 fully saturated rings. The van der Waals surface area contributed by atoms with Crippen molar-refractivity contribution in [2.24, 2.45) is 0 Å². The van der Waals surface area contributed by atoms with E-state index in [1.807, 2.05) is 0 Å². The molecule has 9 heteroatoms. The van der Waals surface area contributed by atoms with E-state index in [4.69, 9.17) is 18.9 Å². The minimum absolute atomic E-state index is 0.219. The highest BCUT2D eigenvalue weighted by atomic mass is 16.5. The van der Waals surface area contributed by atoms with Gasteiger partial charge in [-0.05, 0) is 18.6 Å². The first-order valence-corrected chi connectivity index (χ1v) is 9.04. The summed E-state index contributed by atoms with van der Waals surface area (Å²) in [6.07, 6.45) is 3.96. The van der Waals surface area contributed by atoms with Crippen LogP contribution in [0.25, 0.3) is 22.4 Å². The van der Waals surface area contributed by atoms with Crippen molar-refractivity contribution in [3.05, 3.63) is 30.1 Å². The fourth-order valence-corrected chi connectivity index (χ4v) is 2.95. The van der Waals surface area contributed by atoms with Gasteiger partial charge in [-0.25, -0.2) is 9.97 Å². The summed E-state index contributed by atoms with van der Waals surface area (Å²) in [6, 6.07) is 3.57. The molecule has 2 heterocycles. The van der Waals surface area contributed by atoms with Gasteiger partial charge in [-0.2, -0.15) is 0 Å². The Kier molecular flexibility index (Phi) is 6.50. The standard InChI is InChI=1S/C20H24N4O5/c1-26-7-5-6-21-20(25)13-10-22-19-17(13)24-14(11-23-19)12-8-15(27-2)18(29-4)16(9-12)28-3/h8-11H,5-7H2,1-4H3,(H,21,25)(H,22,23). The van der Waals surface area contributed by atoms with Gasteiger partial charge in [0.25, 0.3) is 5.91 Å². The third-order valence-electron chi connectivity index (χ3n) is 4.40. The second-order valence-corrected chi connectivity index (χ2v) is 6.17. The zero-order chi connectivity index (χ0) is 20.8. The maximum absolute atomic E-state index is 12.5. The van der Waals surface area contributed by atoms with Crippen molar-refractivity contribution in [3.63, 3.8) is 0 Å². The fourth-order valence-electron chi connectivity index (χ4n) is 2.95. The summed E-state index contributed by atoms with van der Waals surface area (Å²) in [5, 5.41) is 2.86. The van der Waals surface area contributed by atoms with E-state index in [0.29, 0.717) is 52.8 Å². The summed E-state index contributed by atoms with van der Waals surface area (Å²) in [5.41, 5.74) is 2.74. The van der Waals surface area contributed by atoms with E-state index < -0.39 is 0 Å². The largest absolute Gasteiger partial charge is 0.493 e. The van der Waals surface area contributed by atoms with Crippen LogP contribution >= 0.6 is 0 Å². The van der Waals surface area contributed by atoms with Crippen molar-refractivity contribution in [3.8, 4) is 28.5 Å². The zero-order valence-electron chi connectivity index (χ0n) is 16.9. The van der Waals surface area contributed by atoms with Gasteiger partial charge >= 0.3 is 0 Å². The molecular weight excluding hydrogens is 376 g/mol. The highest BCUT2D eigenvalue weighted by molar-refractivity contribution is 6.04. The molecule has 3 aromatic rings. The number of hydrogen-bond donors (Lipinski definition) is 2.